The molecular weight excluding hydrogens is 417 g/mol. The van der Waals surface area contributed by atoms with Crippen LogP contribution >= 0.6 is 24.0 Å². The molecule has 1 aromatic rings. The van der Waals surface area contributed by atoms with Crippen molar-refractivity contribution in [3.8, 4) is 0 Å². The first-order valence-corrected chi connectivity index (χ1v) is 8.77. The summed E-state index contributed by atoms with van der Waals surface area (Å²) in [7, 11) is 0. The van der Waals surface area contributed by atoms with E-state index in [1.807, 2.05) is 13.8 Å². The lowest BCUT2D eigenvalue weighted by Crippen LogP contribution is -2.38. The molecule has 7 heteroatoms. The fourth-order valence-corrected chi connectivity index (χ4v) is 2.24. The zero-order valence-corrected chi connectivity index (χ0v) is 18.0. The van der Waals surface area contributed by atoms with Crippen molar-refractivity contribution in [1.29, 1.82) is 0 Å². The first-order valence-electron chi connectivity index (χ1n) is 8.77. The number of hydrogen-bond acceptors (Lipinski definition) is 4. The van der Waals surface area contributed by atoms with Crippen LogP contribution in [0.2, 0.25) is 0 Å². The largest absolute Gasteiger partial charge is 0.370 e. The molecule has 0 aliphatic heterocycles. The van der Waals surface area contributed by atoms with Crippen LogP contribution in [0.25, 0.3) is 0 Å². The van der Waals surface area contributed by atoms with E-state index < -0.39 is 0 Å². The number of guanidine groups is 1. The molecule has 0 saturated heterocycles. The number of aryl methyl sites for hydroxylation is 1. The summed E-state index contributed by atoms with van der Waals surface area (Å²) in [6.45, 7) is 11.4. The van der Waals surface area contributed by atoms with E-state index >= 15 is 0 Å². The fourth-order valence-electron chi connectivity index (χ4n) is 2.24. The van der Waals surface area contributed by atoms with E-state index in [4.69, 9.17) is 10.3 Å². The molecule has 0 aromatic carbocycles. The van der Waals surface area contributed by atoms with Gasteiger partial charge in [-0.15, -0.1) is 24.0 Å². The van der Waals surface area contributed by atoms with Crippen LogP contribution in [0.4, 0.5) is 0 Å². The Bertz CT molecular complexity index is 473. The lowest BCUT2D eigenvalue weighted by atomic mass is 10.0. The van der Waals surface area contributed by atoms with Gasteiger partial charge in [0, 0.05) is 24.9 Å². The van der Waals surface area contributed by atoms with E-state index in [2.05, 4.69) is 41.2 Å². The number of aromatic nitrogens is 2. The maximum Gasteiger partial charge on any atom is 0.226 e. The van der Waals surface area contributed by atoms with Gasteiger partial charge in [-0.2, -0.15) is 4.98 Å². The first kappa shape index (κ1) is 23.1. The van der Waals surface area contributed by atoms with Gasteiger partial charge in [0.15, 0.2) is 11.8 Å². The minimum atomic E-state index is 0. The Morgan fingerprint density at radius 2 is 1.88 bits per heavy atom. The summed E-state index contributed by atoms with van der Waals surface area (Å²) in [5.41, 5.74) is 5.92. The van der Waals surface area contributed by atoms with Gasteiger partial charge in [-0.1, -0.05) is 45.7 Å². The van der Waals surface area contributed by atoms with E-state index in [1.165, 1.54) is 12.8 Å². The van der Waals surface area contributed by atoms with Crippen LogP contribution in [0.1, 0.15) is 77.9 Å². The molecule has 0 fully saturated rings. The van der Waals surface area contributed by atoms with Crippen molar-refractivity contribution in [2.75, 3.05) is 6.54 Å². The Labute approximate surface area is 163 Å². The summed E-state index contributed by atoms with van der Waals surface area (Å²) in [5, 5.41) is 7.20. The van der Waals surface area contributed by atoms with Crippen molar-refractivity contribution in [1.82, 2.24) is 15.5 Å². The molecule has 0 aliphatic rings. The van der Waals surface area contributed by atoms with E-state index in [0.717, 1.165) is 31.0 Å². The Morgan fingerprint density at radius 1 is 1.17 bits per heavy atom. The second kappa shape index (κ2) is 12.5. The van der Waals surface area contributed by atoms with Crippen LogP contribution in [-0.2, 0) is 6.42 Å². The Morgan fingerprint density at radius 3 is 2.46 bits per heavy atom. The lowest BCUT2D eigenvalue weighted by Gasteiger charge is -2.15. The van der Waals surface area contributed by atoms with Crippen LogP contribution in [0, 0.1) is 5.92 Å². The van der Waals surface area contributed by atoms with Crippen molar-refractivity contribution in [3.63, 3.8) is 0 Å². The third-order valence-corrected chi connectivity index (χ3v) is 3.64. The lowest BCUT2D eigenvalue weighted by molar-refractivity contribution is 0.369. The van der Waals surface area contributed by atoms with Gasteiger partial charge in [-0.3, -0.25) is 4.99 Å². The summed E-state index contributed by atoms with van der Waals surface area (Å²) in [6, 6.07) is 0.363. The number of nitrogens with zero attached hydrogens (tertiary/aromatic N) is 3. The van der Waals surface area contributed by atoms with Gasteiger partial charge in [-0.25, -0.2) is 0 Å². The van der Waals surface area contributed by atoms with Gasteiger partial charge < -0.3 is 15.6 Å². The van der Waals surface area contributed by atoms with Gasteiger partial charge in [0.2, 0.25) is 5.89 Å². The van der Waals surface area contributed by atoms with Crippen LogP contribution < -0.4 is 11.1 Å². The predicted octanol–water partition coefficient (Wildman–Crippen LogP) is 3.86. The molecular formula is C17H34IN5O. The highest BCUT2D eigenvalue weighted by Gasteiger charge is 2.09. The van der Waals surface area contributed by atoms with Crippen LogP contribution in [0.5, 0.6) is 0 Å². The third kappa shape index (κ3) is 10.1. The standard InChI is InChI=1S/C17H33N5O.HI/c1-12(2)8-6-9-14(5)20-17(18)19-11-7-10-15-21-16(13(3)4)22-23-15;/h12-14H,6-11H2,1-5H3,(H3,18,19,20);1H. The molecule has 3 N–H and O–H groups in total. The summed E-state index contributed by atoms with van der Waals surface area (Å²) in [4.78, 5) is 8.71. The van der Waals surface area contributed by atoms with Crippen molar-refractivity contribution in [3.05, 3.63) is 11.7 Å². The molecule has 1 unspecified atom stereocenters. The highest BCUT2D eigenvalue weighted by molar-refractivity contribution is 14.0. The fraction of sp³-hybridized carbons (Fsp3) is 0.824. The smallest absolute Gasteiger partial charge is 0.226 e. The minimum absolute atomic E-state index is 0. The third-order valence-electron chi connectivity index (χ3n) is 3.64. The topological polar surface area (TPSA) is 89.3 Å². The number of aliphatic imine (C=N–C) groups is 1. The van der Waals surface area contributed by atoms with E-state index in [0.29, 0.717) is 30.4 Å². The van der Waals surface area contributed by atoms with Crippen LogP contribution in [0.3, 0.4) is 0 Å². The van der Waals surface area contributed by atoms with Crippen molar-refractivity contribution in [2.24, 2.45) is 16.6 Å². The molecule has 0 spiro atoms. The van der Waals surface area contributed by atoms with Crippen LogP contribution in [-0.4, -0.2) is 28.7 Å². The zero-order chi connectivity index (χ0) is 17.2. The average Bonchev–Trinajstić information content (AvgIpc) is 2.92. The highest BCUT2D eigenvalue weighted by atomic mass is 127. The normalized spacial score (nSPS) is 13.2. The monoisotopic (exact) mass is 451 g/mol. The molecule has 0 amide bonds. The molecule has 1 rings (SSSR count). The maximum atomic E-state index is 5.92. The van der Waals surface area contributed by atoms with E-state index in [-0.39, 0.29) is 24.0 Å². The quantitative estimate of drug-likeness (QED) is 0.244. The molecule has 0 bridgehead atoms. The van der Waals surface area contributed by atoms with Crippen molar-refractivity contribution >= 4 is 29.9 Å². The minimum Gasteiger partial charge on any atom is -0.370 e. The van der Waals surface area contributed by atoms with Crippen molar-refractivity contribution < 1.29 is 4.52 Å². The number of nitrogens with two attached hydrogens (primary N) is 1. The zero-order valence-electron chi connectivity index (χ0n) is 15.7. The highest BCUT2D eigenvalue weighted by Crippen LogP contribution is 2.10. The van der Waals surface area contributed by atoms with Gasteiger partial charge >= 0.3 is 0 Å². The second-order valence-electron chi connectivity index (χ2n) is 6.94. The number of halogens is 1. The Hall–Kier alpha value is -0.860. The average molecular weight is 451 g/mol. The van der Waals surface area contributed by atoms with Gasteiger partial charge in [-0.05, 0) is 25.7 Å². The summed E-state index contributed by atoms with van der Waals surface area (Å²) in [6.07, 6.45) is 5.18. The second-order valence-corrected chi connectivity index (χ2v) is 6.94. The van der Waals surface area contributed by atoms with Gasteiger partial charge in [0.1, 0.15) is 0 Å². The van der Waals surface area contributed by atoms with Gasteiger partial charge in [0.25, 0.3) is 0 Å². The SMILES string of the molecule is CC(C)CCCC(C)NC(N)=NCCCc1nc(C(C)C)no1.I. The molecule has 6 nitrogen and oxygen atoms in total. The maximum absolute atomic E-state index is 5.92. The van der Waals surface area contributed by atoms with Gasteiger partial charge in [0.05, 0.1) is 0 Å². The molecule has 24 heavy (non-hydrogen) atoms. The summed E-state index contributed by atoms with van der Waals surface area (Å²) >= 11 is 0. The predicted molar refractivity (Wildman–Crippen MR) is 110 cm³/mol. The molecule has 0 saturated carbocycles. The molecule has 1 aromatic heterocycles. The Kier molecular flexibility index (Phi) is 12.0. The summed E-state index contributed by atoms with van der Waals surface area (Å²) < 4.78 is 5.20. The Balaban J connectivity index is 0.00000529. The molecule has 1 atom stereocenters. The number of nitrogens with one attached hydrogen (secondary N) is 1. The van der Waals surface area contributed by atoms with Crippen LogP contribution in [0.15, 0.2) is 9.52 Å². The molecule has 1 heterocycles. The van der Waals surface area contributed by atoms with E-state index in [9.17, 15) is 0 Å². The number of rotatable bonds is 10. The molecule has 0 aliphatic carbocycles. The first-order chi connectivity index (χ1) is 10.9. The molecule has 140 valence electrons. The molecule has 0 radical (unpaired) electrons. The number of hydrogen-bond donors (Lipinski definition) is 2. The van der Waals surface area contributed by atoms with Crippen molar-refractivity contribution in [2.45, 2.75) is 78.7 Å². The summed E-state index contributed by atoms with van der Waals surface area (Å²) in [5.74, 6) is 3.02. The van der Waals surface area contributed by atoms with E-state index in [1.54, 1.807) is 0 Å².